The summed E-state index contributed by atoms with van der Waals surface area (Å²) in [6.45, 7) is 4.50. The Morgan fingerprint density at radius 2 is 1.82 bits per heavy atom. The number of aryl methyl sites for hydroxylation is 1. The largest absolute Gasteiger partial charge is 0.507 e. The zero-order valence-corrected chi connectivity index (χ0v) is 34.5. The number of carbonyl (C=O) groups is 3. The molecule has 2 heterocycles. The first-order chi connectivity index (χ1) is 29.6. The predicted octanol–water partition coefficient (Wildman–Crippen LogP) is 4.05. The van der Waals surface area contributed by atoms with Crippen molar-refractivity contribution < 1.29 is 58.2 Å². The highest BCUT2D eigenvalue weighted by molar-refractivity contribution is 6.30. The van der Waals surface area contributed by atoms with Crippen LogP contribution in [0, 0.1) is 12.3 Å². The number of oxazole rings is 1. The molecule has 16 heteroatoms. The van der Waals surface area contributed by atoms with Crippen LogP contribution in [0.5, 0.6) is 23.0 Å². The molecule has 0 radical (unpaired) electrons. The minimum Gasteiger partial charge on any atom is -0.507 e. The Bertz CT molecular complexity index is 2710. The minimum absolute atomic E-state index is 0.00193. The van der Waals surface area contributed by atoms with E-state index in [0.29, 0.717) is 27.8 Å². The van der Waals surface area contributed by atoms with E-state index in [4.69, 9.17) is 29.1 Å². The lowest BCUT2D eigenvalue weighted by Gasteiger charge is -2.44. The summed E-state index contributed by atoms with van der Waals surface area (Å²) in [6, 6.07) is 15.5. The third-order valence-corrected chi connectivity index (χ3v) is 12.1. The van der Waals surface area contributed by atoms with Crippen molar-refractivity contribution in [2.45, 2.75) is 77.2 Å². The predicted molar refractivity (Wildman–Crippen MR) is 222 cm³/mol. The molecule has 0 spiro atoms. The second-order valence-electron chi connectivity index (χ2n) is 16.4. The van der Waals surface area contributed by atoms with Crippen LogP contribution in [0.15, 0.2) is 81.6 Å². The normalized spacial score (nSPS) is 23.4. The van der Waals surface area contributed by atoms with Crippen molar-refractivity contribution in [1.29, 1.82) is 0 Å². The van der Waals surface area contributed by atoms with Crippen LogP contribution in [0.3, 0.4) is 0 Å². The molecule has 1 aromatic heterocycles. The number of amides is 1. The van der Waals surface area contributed by atoms with Gasteiger partial charge >= 0.3 is 5.76 Å². The van der Waals surface area contributed by atoms with Crippen molar-refractivity contribution in [2.24, 2.45) is 11.1 Å². The van der Waals surface area contributed by atoms with Gasteiger partial charge < -0.3 is 54.8 Å². The summed E-state index contributed by atoms with van der Waals surface area (Å²) in [6.07, 6.45) is -1.80. The fraction of sp³-hybridized carbons (Fsp3) is 0.348. The number of hydrogen-bond acceptors (Lipinski definition) is 14. The number of phenolic OH excluding ortho intramolecular Hbond substituents is 2. The molecule has 3 aliphatic rings. The number of ether oxygens (including phenoxy) is 4. The van der Waals surface area contributed by atoms with Crippen molar-refractivity contribution in [2.75, 3.05) is 20.3 Å². The summed E-state index contributed by atoms with van der Waals surface area (Å²) in [5, 5.41) is 46.6. The van der Waals surface area contributed by atoms with E-state index in [0.717, 1.165) is 5.56 Å². The molecule has 62 heavy (non-hydrogen) atoms. The number of aliphatic hydroxyl groups is 2. The van der Waals surface area contributed by atoms with Crippen molar-refractivity contribution in [3.05, 3.63) is 127 Å². The van der Waals surface area contributed by atoms with E-state index in [1.54, 1.807) is 37.3 Å². The van der Waals surface area contributed by atoms with Crippen LogP contribution in [0.1, 0.15) is 86.9 Å². The number of aromatic hydroxyl groups is 2. The summed E-state index contributed by atoms with van der Waals surface area (Å²) in [5.74, 6) is -2.69. The van der Waals surface area contributed by atoms with Crippen LogP contribution in [0.2, 0.25) is 0 Å². The SMILES string of the molecule is COc1cccc2c1C(=O)c1c(cc3c(c1O)[C@@H](O[C@H]1CC(N)C(O)[C@H](C)O1)C[C@](C)(/C(=C/NC(=O)COc1ccc(Cn4c(=O)oc5ccc(C)cc54)cc1O)CO)C3)C2=O. The second-order valence-corrected chi connectivity index (χ2v) is 16.4. The number of fused-ring (bicyclic) bond motifs is 4. The molecule has 324 valence electrons. The van der Waals surface area contributed by atoms with E-state index in [2.05, 4.69) is 5.32 Å². The van der Waals surface area contributed by atoms with E-state index < -0.39 is 78.3 Å². The molecule has 2 unspecified atom stereocenters. The standard InChI is InChI=1S/C46H47N3O13/c1-22-8-10-32-30(12-22)49(45(57)62-32)19-24-9-11-33(31(51)13-24)59-21-36(52)48-18-26(20-50)46(3)16-25-14-28-40(44(56)39-27(42(28)54)6-5-7-34(39)58-4)43(55)38(25)35(17-46)61-37-15-29(47)41(53)23(2)60-37/h5-14,18,23,29,35,37,41,50-51,53,55H,15-17,19-21,47H2,1-4H3,(H,48,52)/b26-18+/t23-,29?,35-,37-,41?,46+/m0/s1. The van der Waals surface area contributed by atoms with Gasteiger partial charge in [0.2, 0.25) is 5.78 Å². The summed E-state index contributed by atoms with van der Waals surface area (Å²) >= 11 is 0. The van der Waals surface area contributed by atoms with E-state index in [9.17, 15) is 39.6 Å². The highest BCUT2D eigenvalue weighted by Crippen LogP contribution is 2.53. The lowest BCUT2D eigenvalue weighted by atomic mass is 9.66. The number of phenols is 2. The van der Waals surface area contributed by atoms with E-state index >= 15 is 0 Å². The molecule has 8 rings (SSSR count). The molecule has 1 aliphatic heterocycles. The monoisotopic (exact) mass is 849 g/mol. The maximum Gasteiger partial charge on any atom is 0.420 e. The summed E-state index contributed by atoms with van der Waals surface area (Å²) in [4.78, 5) is 53.7. The number of methoxy groups -OCH3 is 1. The lowest BCUT2D eigenvalue weighted by molar-refractivity contribution is -0.244. The molecular formula is C46H47N3O13. The number of aromatic nitrogens is 1. The van der Waals surface area contributed by atoms with Crippen molar-refractivity contribution in [1.82, 2.24) is 9.88 Å². The molecule has 0 saturated carbocycles. The average Bonchev–Trinajstić information content (AvgIpc) is 3.53. The van der Waals surface area contributed by atoms with Crippen LogP contribution in [0.4, 0.5) is 0 Å². The number of nitrogens with one attached hydrogen (secondary N) is 1. The number of ketones is 2. The zero-order chi connectivity index (χ0) is 44.2. The van der Waals surface area contributed by atoms with Gasteiger partial charge in [-0.25, -0.2) is 4.79 Å². The molecule has 2 aliphatic carbocycles. The van der Waals surface area contributed by atoms with Gasteiger partial charge in [0, 0.05) is 35.4 Å². The van der Waals surface area contributed by atoms with Gasteiger partial charge in [0.1, 0.15) is 11.5 Å². The maximum atomic E-state index is 14.1. The molecule has 0 bridgehead atoms. The first-order valence-corrected chi connectivity index (χ1v) is 20.1. The number of rotatable bonds is 11. The Labute approximate surface area is 355 Å². The highest BCUT2D eigenvalue weighted by Gasteiger charge is 2.46. The fourth-order valence-corrected chi connectivity index (χ4v) is 8.82. The molecule has 7 N–H and O–H groups in total. The summed E-state index contributed by atoms with van der Waals surface area (Å²) < 4.78 is 30.3. The third-order valence-electron chi connectivity index (χ3n) is 12.1. The van der Waals surface area contributed by atoms with Gasteiger partial charge in [0.05, 0.1) is 55.2 Å². The first kappa shape index (κ1) is 42.4. The Morgan fingerprint density at radius 3 is 2.55 bits per heavy atom. The minimum atomic E-state index is -0.981. The fourth-order valence-electron chi connectivity index (χ4n) is 8.82. The van der Waals surface area contributed by atoms with Crippen molar-refractivity contribution in [3.63, 3.8) is 0 Å². The van der Waals surface area contributed by atoms with Crippen LogP contribution in [0.25, 0.3) is 11.1 Å². The molecule has 6 atom stereocenters. The lowest BCUT2D eigenvalue weighted by Crippen LogP contribution is -2.52. The molecule has 5 aromatic rings. The number of carbonyl (C=O) groups excluding carboxylic acids is 3. The molecule has 1 amide bonds. The molecule has 4 aromatic carbocycles. The number of aliphatic hydroxyl groups excluding tert-OH is 2. The number of benzene rings is 4. The summed E-state index contributed by atoms with van der Waals surface area (Å²) in [5.41, 5.74) is 8.94. The van der Waals surface area contributed by atoms with Gasteiger partial charge in [0.15, 0.2) is 35.8 Å². The van der Waals surface area contributed by atoms with Gasteiger partial charge in [-0.2, -0.15) is 0 Å². The Kier molecular flexibility index (Phi) is 11.3. The number of hydrogen-bond donors (Lipinski definition) is 6. The van der Waals surface area contributed by atoms with Gasteiger partial charge in [-0.1, -0.05) is 31.2 Å². The maximum absolute atomic E-state index is 14.1. The Morgan fingerprint density at radius 1 is 1.03 bits per heavy atom. The average molecular weight is 850 g/mol. The Balaban J connectivity index is 1.03. The number of nitrogens with two attached hydrogens (primary N) is 1. The molecule has 1 fully saturated rings. The number of nitrogens with zero attached hydrogens (tertiary/aromatic N) is 1. The quantitative estimate of drug-likeness (QED) is 0.108. The summed E-state index contributed by atoms with van der Waals surface area (Å²) in [7, 11) is 1.39. The van der Waals surface area contributed by atoms with Crippen molar-refractivity contribution in [3.8, 4) is 23.0 Å². The first-order valence-electron chi connectivity index (χ1n) is 20.1. The van der Waals surface area contributed by atoms with Crippen molar-refractivity contribution >= 4 is 28.6 Å². The van der Waals surface area contributed by atoms with Gasteiger partial charge in [-0.15, -0.1) is 0 Å². The van der Waals surface area contributed by atoms with Gasteiger partial charge in [-0.3, -0.25) is 19.0 Å². The highest BCUT2D eigenvalue weighted by atomic mass is 16.7. The molecule has 1 saturated heterocycles. The smallest absolute Gasteiger partial charge is 0.420 e. The second kappa shape index (κ2) is 16.5. The van der Waals surface area contributed by atoms with E-state index in [-0.39, 0.29) is 70.9 Å². The van der Waals surface area contributed by atoms with Gasteiger partial charge in [-0.05, 0) is 90.8 Å². The van der Waals surface area contributed by atoms with E-state index in [1.807, 2.05) is 26.0 Å². The van der Waals surface area contributed by atoms with E-state index in [1.165, 1.54) is 36.1 Å². The Hall–Kier alpha value is -6.30. The topological polar surface area (TPSA) is 242 Å². The van der Waals surface area contributed by atoms with Crippen LogP contribution in [-0.2, 0) is 27.2 Å². The molecular weight excluding hydrogens is 803 g/mol. The van der Waals surface area contributed by atoms with Crippen LogP contribution < -0.4 is 26.3 Å². The molecule has 16 nitrogen and oxygen atoms in total. The van der Waals surface area contributed by atoms with Crippen LogP contribution in [-0.4, -0.2) is 87.3 Å². The van der Waals surface area contributed by atoms with Gasteiger partial charge in [0.25, 0.3) is 5.91 Å². The third kappa shape index (κ3) is 7.64. The zero-order valence-electron chi connectivity index (χ0n) is 34.5. The van der Waals surface area contributed by atoms with Crippen LogP contribution >= 0.6 is 0 Å².